The van der Waals surface area contributed by atoms with Gasteiger partial charge in [0.25, 0.3) is 11.1 Å². The van der Waals surface area contributed by atoms with E-state index in [1.54, 1.807) is 53.3 Å². The summed E-state index contributed by atoms with van der Waals surface area (Å²) in [6, 6.07) is 20.1. The molecule has 6 aromatic rings. The monoisotopic (exact) mass is 712 g/mol. The second kappa shape index (κ2) is 11.4. The van der Waals surface area contributed by atoms with Gasteiger partial charge in [0.1, 0.15) is 19.0 Å². The molecule has 2 unspecified atom stereocenters. The lowest BCUT2D eigenvalue weighted by molar-refractivity contribution is -0.172. The fourth-order valence-electron chi connectivity index (χ4n) is 7.91. The van der Waals surface area contributed by atoms with E-state index in [4.69, 9.17) is 14.5 Å². The van der Waals surface area contributed by atoms with Crippen LogP contribution in [0.1, 0.15) is 60.1 Å². The van der Waals surface area contributed by atoms with Crippen LogP contribution < -0.4 is 11.1 Å². The van der Waals surface area contributed by atoms with Gasteiger partial charge in [-0.1, -0.05) is 38.1 Å². The number of carbonyl (C=O) groups is 2. The molecule has 0 radical (unpaired) electrons. The van der Waals surface area contributed by atoms with Crippen molar-refractivity contribution in [1.29, 1.82) is 0 Å². The van der Waals surface area contributed by atoms with Gasteiger partial charge in [0.05, 0.1) is 58.0 Å². The van der Waals surface area contributed by atoms with Crippen LogP contribution in [0, 0.1) is 0 Å². The molecule has 0 aliphatic carbocycles. The third-order valence-electron chi connectivity index (χ3n) is 10.9. The molecule has 4 aromatic heterocycles. The van der Waals surface area contributed by atoms with Crippen molar-refractivity contribution in [2.24, 2.45) is 0 Å². The van der Waals surface area contributed by atoms with Crippen LogP contribution in [0.5, 0.6) is 5.75 Å². The van der Waals surface area contributed by atoms with Crippen LogP contribution >= 0.6 is 0 Å². The second-order valence-electron chi connectivity index (χ2n) is 13.7. The number of cyclic esters (lactones) is 2. The average Bonchev–Trinajstić information content (AvgIpc) is 3.71. The van der Waals surface area contributed by atoms with Crippen LogP contribution in [0.2, 0.25) is 0 Å². The molecule has 2 aromatic carbocycles. The molecule has 10 rings (SSSR count). The number of fused-ring (bicyclic) bond motifs is 10. The van der Waals surface area contributed by atoms with Crippen LogP contribution in [0.15, 0.2) is 76.3 Å². The normalized spacial score (nSPS) is 20.3. The number of hydrogen-bond donors (Lipinski definition) is 3. The van der Waals surface area contributed by atoms with Gasteiger partial charge in [-0.05, 0) is 55.3 Å². The van der Waals surface area contributed by atoms with Gasteiger partial charge in [-0.15, -0.1) is 0 Å². The van der Waals surface area contributed by atoms with Crippen molar-refractivity contribution in [3.05, 3.63) is 121 Å². The molecule has 53 heavy (non-hydrogen) atoms. The number of hydrogen-bond acceptors (Lipinski definition) is 11. The average molecular weight is 713 g/mol. The van der Waals surface area contributed by atoms with Gasteiger partial charge in [-0.2, -0.15) is 0 Å². The highest BCUT2D eigenvalue weighted by Crippen LogP contribution is 2.41. The molecule has 0 fully saturated rings. The van der Waals surface area contributed by atoms with E-state index in [0.29, 0.717) is 63.3 Å². The summed E-state index contributed by atoms with van der Waals surface area (Å²) >= 11 is 0. The van der Waals surface area contributed by atoms with E-state index >= 15 is 0 Å². The predicted molar refractivity (Wildman–Crippen MR) is 191 cm³/mol. The Bertz CT molecular complexity index is 2750. The van der Waals surface area contributed by atoms with E-state index in [-0.39, 0.29) is 42.9 Å². The van der Waals surface area contributed by atoms with Crippen LogP contribution in [0.25, 0.3) is 44.6 Å². The number of phenols is 1. The Morgan fingerprint density at radius 1 is 0.679 bits per heavy atom. The van der Waals surface area contributed by atoms with Gasteiger partial charge in [0.15, 0.2) is 11.2 Å². The number of para-hydroxylation sites is 1. The van der Waals surface area contributed by atoms with Gasteiger partial charge in [-0.3, -0.25) is 9.59 Å². The summed E-state index contributed by atoms with van der Waals surface area (Å²) in [6.07, 6.45) is 0.243. The Morgan fingerprint density at radius 3 is 1.75 bits per heavy atom. The first kappa shape index (κ1) is 32.7. The molecule has 2 atom stereocenters. The van der Waals surface area contributed by atoms with Crippen molar-refractivity contribution >= 4 is 33.7 Å². The zero-order chi connectivity index (χ0) is 37.0. The van der Waals surface area contributed by atoms with Gasteiger partial charge >= 0.3 is 11.9 Å². The smallest absolute Gasteiger partial charge is 0.343 e. The summed E-state index contributed by atoms with van der Waals surface area (Å²) < 4.78 is 13.3. The Hall–Kier alpha value is -6.18. The number of aromatic nitrogens is 4. The quantitative estimate of drug-likeness (QED) is 0.221. The maximum atomic E-state index is 13.0. The van der Waals surface area contributed by atoms with E-state index in [2.05, 4.69) is 4.98 Å². The highest BCUT2D eigenvalue weighted by atomic mass is 16.6. The summed E-state index contributed by atoms with van der Waals surface area (Å²) in [4.78, 5) is 59.7. The van der Waals surface area contributed by atoms with Crippen molar-refractivity contribution in [1.82, 2.24) is 19.1 Å². The number of rotatable bonds is 2. The van der Waals surface area contributed by atoms with Gasteiger partial charge < -0.3 is 33.9 Å². The summed E-state index contributed by atoms with van der Waals surface area (Å²) in [6.45, 7) is 3.84. The molecule has 13 nitrogen and oxygen atoms in total. The van der Waals surface area contributed by atoms with Crippen molar-refractivity contribution in [2.75, 3.05) is 0 Å². The summed E-state index contributed by atoms with van der Waals surface area (Å²) in [5, 5.41) is 33.4. The molecule has 0 amide bonds. The van der Waals surface area contributed by atoms with Crippen LogP contribution in [0.4, 0.5) is 0 Å². The van der Waals surface area contributed by atoms with Crippen LogP contribution in [-0.2, 0) is 56.6 Å². The third kappa shape index (κ3) is 4.57. The van der Waals surface area contributed by atoms with E-state index in [9.17, 15) is 34.5 Å². The lowest BCUT2D eigenvalue weighted by atomic mass is 9.86. The number of phenolic OH excluding ortho intramolecular Hbond substituents is 1. The lowest BCUT2D eigenvalue weighted by Crippen LogP contribution is -2.44. The van der Waals surface area contributed by atoms with Crippen molar-refractivity contribution in [3.8, 4) is 28.5 Å². The third-order valence-corrected chi connectivity index (χ3v) is 10.9. The number of carbonyl (C=O) groups excluding carboxylic acids is 2. The number of esters is 2. The maximum absolute atomic E-state index is 13.0. The zero-order valence-electron chi connectivity index (χ0n) is 28.7. The van der Waals surface area contributed by atoms with E-state index in [0.717, 1.165) is 27.7 Å². The molecule has 4 aliphatic heterocycles. The van der Waals surface area contributed by atoms with Gasteiger partial charge in [0, 0.05) is 33.0 Å². The molecule has 4 aliphatic rings. The molecule has 0 bridgehead atoms. The molecule has 8 heterocycles. The number of nitrogens with zero attached hydrogens (tertiary/aromatic N) is 4. The lowest BCUT2D eigenvalue weighted by Gasteiger charge is -2.31. The molecule has 3 N–H and O–H groups in total. The Labute approximate surface area is 300 Å². The Morgan fingerprint density at radius 2 is 1.19 bits per heavy atom. The van der Waals surface area contributed by atoms with E-state index < -0.39 is 23.1 Å². The minimum atomic E-state index is -1.83. The summed E-state index contributed by atoms with van der Waals surface area (Å²) in [5.41, 5.74) is 2.85. The van der Waals surface area contributed by atoms with Gasteiger partial charge in [0.2, 0.25) is 0 Å². The highest BCUT2D eigenvalue weighted by Gasteiger charge is 2.46. The number of benzene rings is 2. The highest BCUT2D eigenvalue weighted by molar-refractivity contribution is 5.90. The van der Waals surface area contributed by atoms with Gasteiger partial charge in [-0.25, -0.2) is 19.6 Å². The summed E-state index contributed by atoms with van der Waals surface area (Å²) in [5.74, 6) is -1.32. The van der Waals surface area contributed by atoms with E-state index in [1.165, 1.54) is 0 Å². The fraction of sp³-hybridized carbons (Fsp3) is 0.250. The molecular weight excluding hydrogens is 680 g/mol. The number of aromatic hydroxyl groups is 1. The fourth-order valence-corrected chi connectivity index (χ4v) is 7.91. The molecule has 13 heteroatoms. The van der Waals surface area contributed by atoms with E-state index in [1.807, 2.05) is 36.4 Å². The predicted octanol–water partition coefficient (Wildman–Crippen LogP) is 3.86. The SMILES string of the molecule is CCC1(O)C(=O)OCc2c1cc1n(c2=O)Cc2cc3c(O)cccc3nc2-1.CCC1(O)C(=O)OCc2c1cc1n(c2=O)Cc2cc3ccccc3nc2-1. The molecule has 0 spiro atoms. The van der Waals surface area contributed by atoms with Crippen molar-refractivity contribution in [3.63, 3.8) is 0 Å². The number of ether oxygens (including phenoxy) is 2. The summed E-state index contributed by atoms with van der Waals surface area (Å²) in [7, 11) is 0. The van der Waals surface area contributed by atoms with Crippen molar-refractivity contribution < 1.29 is 34.4 Å². The molecule has 0 saturated carbocycles. The minimum absolute atomic E-state index is 0.105. The molecule has 266 valence electrons. The largest absolute Gasteiger partial charge is 0.507 e. The van der Waals surface area contributed by atoms with Crippen LogP contribution in [-0.4, -0.2) is 46.4 Å². The topological polar surface area (TPSA) is 183 Å². The molecule has 0 saturated heterocycles. The van der Waals surface area contributed by atoms with Crippen molar-refractivity contribution in [2.45, 2.75) is 64.2 Å². The Balaban J connectivity index is 0.000000141. The van der Waals surface area contributed by atoms with Crippen LogP contribution in [0.3, 0.4) is 0 Å². The number of aliphatic hydroxyl groups is 2. The second-order valence-corrected chi connectivity index (χ2v) is 13.7. The number of pyridine rings is 4. The Kier molecular flexibility index (Phi) is 7.04. The first-order valence-corrected chi connectivity index (χ1v) is 17.3. The standard InChI is InChI=1S/C20H16N2O5.C20H16N2O4/c1-2-20(26)13-7-15-17-10(6-11-14(21-17)4-3-5-16(11)23)8-22(15)18(24)12(13)9-27-19(20)25;1-2-20(25)14-8-16-17-12(7-11-5-3-4-6-15(11)21-17)9-22(16)18(23)13(14)10-26-19(20)24/h3-7,23,26H,2,8-9H2,1H3;3-8,25H,2,9-10H2,1H3. The first-order chi connectivity index (χ1) is 25.5. The first-order valence-electron chi connectivity index (χ1n) is 17.3. The maximum Gasteiger partial charge on any atom is 0.343 e. The molecular formula is C40H32N4O9. The zero-order valence-corrected chi connectivity index (χ0v) is 28.7. The minimum Gasteiger partial charge on any atom is -0.507 e.